The molecule has 0 fully saturated rings. The highest BCUT2D eigenvalue weighted by atomic mass is 16.5. The highest BCUT2D eigenvalue weighted by molar-refractivity contribution is 5.97. The van der Waals surface area contributed by atoms with Gasteiger partial charge in [-0.05, 0) is 31.9 Å². The van der Waals surface area contributed by atoms with Gasteiger partial charge in [0.1, 0.15) is 6.61 Å². The van der Waals surface area contributed by atoms with Gasteiger partial charge in [-0.25, -0.2) is 4.79 Å². The van der Waals surface area contributed by atoms with Crippen LogP contribution in [0.1, 0.15) is 34.2 Å². The first-order valence-corrected chi connectivity index (χ1v) is 6.28. The summed E-state index contributed by atoms with van der Waals surface area (Å²) in [5, 5.41) is 13.2. The Morgan fingerprint density at radius 3 is 2.70 bits per heavy atom. The molecule has 1 aromatic carbocycles. The molecule has 1 N–H and O–H groups in total. The SMILES string of the molecule is CCOCc1noc(-c2c(C)ccc(C)c2C(=O)O)n1. The lowest BCUT2D eigenvalue weighted by molar-refractivity contribution is 0.0696. The van der Waals surface area contributed by atoms with Gasteiger partial charge in [-0.1, -0.05) is 17.3 Å². The molecule has 0 radical (unpaired) electrons. The second-order valence-electron chi connectivity index (χ2n) is 4.41. The van der Waals surface area contributed by atoms with Crippen molar-refractivity contribution >= 4 is 5.97 Å². The smallest absolute Gasteiger partial charge is 0.336 e. The predicted octanol–water partition coefficient (Wildman–Crippen LogP) is 2.59. The van der Waals surface area contributed by atoms with Crippen molar-refractivity contribution in [3.63, 3.8) is 0 Å². The van der Waals surface area contributed by atoms with Gasteiger partial charge >= 0.3 is 5.97 Å². The summed E-state index contributed by atoms with van der Waals surface area (Å²) in [6.45, 7) is 6.21. The summed E-state index contributed by atoms with van der Waals surface area (Å²) in [5.41, 5.74) is 2.09. The van der Waals surface area contributed by atoms with Gasteiger partial charge in [-0.2, -0.15) is 4.98 Å². The van der Waals surface area contributed by atoms with Crippen LogP contribution < -0.4 is 0 Å². The summed E-state index contributed by atoms with van der Waals surface area (Å²) in [6, 6.07) is 3.60. The topological polar surface area (TPSA) is 85.5 Å². The van der Waals surface area contributed by atoms with Crippen molar-refractivity contribution in [3.05, 3.63) is 34.6 Å². The molecule has 0 spiro atoms. The third-order valence-corrected chi connectivity index (χ3v) is 2.95. The summed E-state index contributed by atoms with van der Waals surface area (Å²) in [6.07, 6.45) is 0. The minimum Gasteiger partial charge on any atom is -0.478 e. The van der Waals surface area contributed by atoms with E-state index in [4.69, 9.17) is 9.26 Å². The second kappa shape index (κ2) is 5.83. The number of benzene rings is 1. The van der Waals surface area contributed by atoms with Crippen LogP contribution in [0.4, 0.5) is 0 Å². The number of aromatic carboxylic acids is 1. The summed E-state index contributed by atoms with van der Waals surface area (Å²) in [7, 11) is 0. The van der Waals surface area contributed by atoms with E-state index in [1.54, 1.807) is 13.0 Å². The molecule has 0 atom stereocenters. The average Bonchev–Trinajstić information content (AvgIpc) is 2.86. The summed E-state index contributed by atoms with van der Waals surface area (Å²) < 4.78 is 10.4. The number of carbonyl (C=O) groups is 1. The standard InChI is InChI=1S/C14H16N2O4/c1-4-19-7-10-15-13(20-16-10)11-8(2)5-6-9(3)12(11)14(17)18/h5-6H,4,7H2,1-3H3,(H,17,18). The maximum absolute atomic E-state index is 11.4. The molecule has 1 aromatic heterocycles. The number of aromatic nitrogens is 2. The zero-order valence-electron chi connectivity index (χ0n) is 11.6. The lowest BCUT2D eigenvalue weighted by atomic mass is 9.97. The average molecular weight is 276 g/mol. The number of nitrogens with zero attached hydrogens (tertiary/aromatic N) is 2. The lowest BCUT2D eigenvalue weighted by Crippen LogP contribution is -2.04. The van der Waals surface area contributed by atoms with Crippen LogP contribution in [0, 0.1) is 13.8 Å². The Morgan fingerprint density at radius 2 is 2.05 bits per heavy atom. The molecule has 0 aliphatic heterocycles. The molecule has 1 heterocycles. The first kappa shape index (κ1) is 14.2. The van der Waals surface area contributed by atoms with Crippen LogP contribution in [0.15, 0.2) is 16.7 Å². The quantitative estimate of drug-likeness (QED) is 0.903. The van der Waals surface area contributed by atoms with Crippen LogP contribution >= 0.6 is 0 Å². The Morgan fingerprint density at radius 1 is 1.35 bits per heavy atom. The van der Waals surface area contributed by atoms with Gasteiger partial charge in [0.2, 0.25) is 0 Å². The van der Waals surface area contributed by atoms with Crippen molar-refractivity contribution in [1.82, 2.24) is 10.1 Å². The fourth-order valence-corrected chi connectivity index (χ4v) is 1.97. The number of hydrogen-bond acceptors (Lipinski definition) is 5. The summed E-state index contributed by atoms with van der Waals surface area (Å²) >= 11 is 0. The van der Waals surface area contributed by atoms with Crippen molar-refractivity contribution in [3.8, 4) is 11.5 Å². The van der Waals surface area contributed by atoms with E-state index in [9.17, 15) is 9.90 Å². The minimum absolute atomic E-state index is 0.191. The van der Waals surface area contributed by atoms with E-state index in [-0.39, 0.29) is 18.1 Å². The molecule has 0 amide bonds. The maximum Gasteiger partial charge on any atom is 0.336 e. The largest absolute Gasteiger partial charge is 0.478 e. The van der Waals surface area contributed by atoms with E-state index in [0.717, 1.165) is 5.56 Å². The maximum atomic E-state index is 11.4. The molecular formula is C14H16N2O4. The number of ether oxygens (including phenoxy) is 1. The number of carboxylic acids is 1. The van der Waals surface area contributed by atoms with Crippen LogP contribution in [0.25, 0.3) is 11.5 Å². The molecule has 0 aliphatic carbocycles. The number of aryl methyl sites for hydroxylation is 2. The van der Waals surface area contributed by atoms with Crippen molar-refractivity contribution in [1.29, 1.82) is 0 Å². The number of carboxylic acid groups (broad SMARTS) is 1. The van der Waals surface area contributed by atoms with Gasteiger partial charge in [0.05, 0.1) is 11.1 Å². The van der Waals surface area contributed by atoms with Crippen LogP contribution in [0.5, 0.6) is 0 Å². The molecule has 6 heteroatoms. The Bertz CT molecular complexity index is 634. The van der Waals surface area contributed by atoms with Crippen LogP contribution in [-0.4, -0.2) is 27.8 Å². The third kappa shape index (κ3) is 2.70. The first-order valence-electron chi connectivity index (χ1n) is 6.28. The van der Waals surface area contributed by atoms with E-state index in [1.165, 1.54) is 0 Å². The molecule has 0 saturated carbocycles. The molecule has 0 bridgehead atoms. The van der Waals surface area contributed by atoms with E-state index in [2.05, 4.69) is 10.1 Å². The Kier molecular flexibility index (Phi) is 4.14. The van der Waals surface area contributed by atoms with Gasteiger partial charge in [0.15, 0.2) is 5.82 Å². The Labute approximate surface area is 116 Å². The van der Waals surface area contributed by atoms with Gasteiger partial charge in [-0.15, -0.1) is 0 Å². The van der Waals surface area contributed by atoms with Gasteiger partial charge in [-0.3, -0.25) is 0 Å². The predicted molar refractivity (Wildman–Crippen MR) is 71.5 cm³/mol. The Hall–Kier alpha value is -2.21. The van der Waals surface area contributed by atoms with E-state index in [1.807, 2.05) is 19.9 Å². The van der Waals surface area contributed by atoms with Crippen molar-refractivity contribution < 1.29 is 19.2 Å². The van der Waals surface area contributed by atoms with Crippen LogP contribution in [0.2, 0.25) is 0 Å². The Balaban J connectivity index is 2.49. The molecular weight excluding hydrogens is 260 g/mol. The van der Waals surface area contributed by atoms with Gasteiger partial charge in [0, 0.05) is 6.61 Å². The van der Waals surface area contributed by atoms with Crippen molar-refractivity contribution in [2.24, 2.45) is 0 Å². The molecule has 20 heavy (non-hydrogen) atoms. The molecule has 0 saturated heterocycles. The number of rotatable bonds is 5. The van der Waals surface area contributed by atoms with Crippen LogP contribution in [0.3, 0.4) is 0 Å². The summed E-state index contributed by atoms with van der Waals surface area (Å²) in [5.74, 6) is -0.400. The molecule has 2 aromatic rings. The second-order valence-corrected chi connectivity index (χ2v) is 4.41. The molecule has 0 unspecified atom stereocenters. The third-order valence-electron chi connectivity index (χ3n) is 2.95. The van der Waals surface area contributed by atoms with Gasteiger partial charge < -0.3 is 14.4 Å². The van der Waals surface area contributed by atoms with E-state index >= 15 is 0 Å². The number of hydrogen-bond donors (Lipinski definition) is 1. The highest BCUT2D eigenvalue weighted by Gasteiger charge is 2.21. The van der Waals surface area contributed by atoms with E-state index in [0.29, 0.717) is 23.6 Å². The molecule has 0 aliphatic rings. The summed E-state index contributed by atoms with van der Waals surface area (Å²) in [4.78, 5) is 15.6. The lowest BCUT2D eigenvalue weighted by Gasteiger charge is -2.08. The van der Waals surface area contributed by atoms with Crippen LogP contribution in [-0.2, 0) is 11.3 Å². The van der Waals surface area contributed by atoms with Crippen molar-refractivity contribution in [2.75, 3.05) is 6.61 Å². The van der Waals surface area contributed by atoms with Crippen molar-refractivity contribution in [2.45, 2.75) is 27.4 Å². The van der Waals surface area contributed by atoms with E-state index < -0.39 is 5.97 Å². The minimum atomic E-state index is -1.01. The fraction of sp³-hybridized carbons (Fsp3) is 0.357. The normalized spacial score (nSPS) is 10.8. The zero-order valence-corrected chi connectivity index (χ0v) is 11.6. The molecule has 2 rings (SSSR count). The monoisotopic (exact) mass is 276 g/mol. The molecule has 6 nitrogen and oxygen atoms in total. The molecule has 106 valence electrons. The first-order chi connectivity index (χ1) is 9.54. The zero-order chi connectivity index (χ0) is 14.7. The van der Waals surface area contributed by atoms with Gasteiger partial charge in [0.25, 0.3) is 5.89 Å². The fourth-order valence-electron chi connectivity index (χ4n) is 1.97. The highest BCUT2D eigenvalue weighted by Crippen LogP contribution is 2.28.